The molecule has 0 aliphatic heterocycles. The van der Waals surface area contributed by atoms with E-state index in [1.807, 2.05) is 0 Å². The van der Waals surface area contributed by atoms with E-state index in [-0.39, 0.29) is 0 Å². The molecule has 0 fully saturated rings. The van der Waals surface area contributed by atoms with Crippen molar-refractivity contribution in [1.29, 1.82) is 0 Å². The van der Waals surface area contributed by atoms with Gasteiger partial charge in [-0.25, -0.2) is 9.97 Å². The molecule has 1 N–H and O–H groups in total. The van der Waals surface area contributed by atoms with Crippen LogP contribution in [0.4, 0.5) is 5.82 Å². The molecule has 0 spiro atoms. The van der Waals surface area contributed by atoms with Gasteiger partial charge in [-0.15, -0.1) is 0 Å². The second-order valence-corrected chi connectivity index (χ2v) is 3.95. The van der Waals surface area contributed by atoms with Crippen molar-refractivity contribution in [2.24, 2.45) is 0 Å². The zero-order valence-corrected chi connectivity index (χ0v) is 9.70. The molecule has 0 radical (unpaired) electrons. The lowest BCUT2D eigenvalue weighted by Gasteiger charge is -2.05. The van der Waals surface area contributed by atoms with Crippen molar-refractivity contribution in [3.05, 3.63) is 52.9 Å². The summed E-state index contributed by atoms with van der Waals surface area (Å²) in [7, 11) is 0. The van der Waals surface area contributed by atoms with Gasteiger partial charge in [0.25, 0.3) is 0 Å². The summed E-state index contributed by atoms with van der Waals surface area (Å²) in [6.45, 7) is 2.80. The molecule has 1 aromatic heterocycles. The summed E-state index contributed by atoms with van der Waals surface area (Å²) in [6.07, 6.45) is 1.44. The SMILES string of the molecule is Cc1ccc(CNc2cc(Cl)ncn2)cc1. The third-order valence-corrected chi connectivity index (χ3v) is 2.43. The average molecular weight is 234 g/mol. The van der Waals surface area contributed by atoms with Crippen LogP contribution in [-0.2, 0) is 6.54 Å². The van der Waals surface area contributed by atoms with Crippen LogP contribution < -0.4 is 5.32 Å². The molecule has 1 aromatic carbocycles. The highest BCUT2D eigenvalue weighted by Gasteiger charge is 1.96. The Morgan fingerprint density at radius 2 is 1.94 bits per heavy atom. The highest BCUT2D eigenvalue weighted by atomic mass is 35.5. The van der Waals surface area contributed by atoms with E-state index in [4.69, 9.17) is 11.6 Å². The lowest BCUT2D eigenvalue weighted by molar-refractivity contribution is 1.08. The molecule has 1 heterocycles. The van der Waals surface area contributed by atoms with E-state index in [0.29, 0.717) is 5.15 Å². The van der Waals surface area contributed by atoms with Crippen LogP contribution in [0.25, 0.3) is 0 Å². The van der Waals surface area contributed by atoms with Crippen LogP contribution in [-0.4, -0.2) is 9.97 Å². The minimum absolute atomic E-state index is 0.446. The lowest BCUT2D eigenvalue weighted by atomic mass is 10.1. The number of rotatable bonds is 3. The highest BCUT2D eigenvalue weighted by Crippen LogP contribution is 2.10. The fourth-order valence-corrected chi connectivity index (χ4v) is 1.48. The molecule has 0 atom stereocenters. The second kappa shape index (κ2) is 4.94. The zero-order chi connectivity index (χ0) is 11.4. The van der Waals surface area contributed by atoms with E-state index in [2.05, 4.69) is 46.5 Å². The second-order valence-electron chi connectivity index (χ2n) is 3.57. The largest absolute Gasteiger partial charge is 0.366 e. The fourth-order valence-electron chi connectivity index (χ4n) is 1.33. The molecular weight excluding hydrogens is 222 g/mol. The van der Waals surface area contributed by atoms with E-state index >= 15 is 0 Å². The molecule has 4 heteroatoms. The highest BCUT2D eigenvalue weighted by molar-refractivity contribution is 6.29. The van der Waals surface area contributed by atoms with Gasteiger partial charge in [0.2, 0.25) is 0 Å². The first-order valence-corrected chi connectivity index (χ1v) is 5.39. The van der Waals surface area contributed by atoms with Gasteiger partial charge >= 0.3 is 0 Å². The first-order chi connectivity index (χ1) is 7.74. The minimum Gasteiger partial charge on any atom is -0.366 e. The maximum Gasteiger partial charge on any atom is 0.134 e. The molecule has 0 saturated heterocycles. The minimum atomic E-state index is 0.446. The number of aromatic nitrogens is 2. The van der Waals surface area contributed by atoms with Gasteiger partial charge in [-0.05, 0) is 12.5 Å². The van der Waals surface area contributed by atoms with Crippen molar-refractivity contribution in [2.75, 3.05) is 5.32 Å². The molecule has 2 aromatic rings. The van der Waals surface area contributed by atoms with E-state index in [9.17, 15) is 0 Å². The number of benzene rings is 1. The molecule has 3 nitrogen and oxygen atoms in total. The van der Waals surface area contributed by atoms with Crippen LogP contribution in [0.15, 0.2) is 36.7 Å². The van der Waals surface area contributed by atoms with Crippen molar-refractivity contribution < 1.29 is 0 Å². The van der Waals surface area contributed by atoms with Gasteiger partial charge in [-0.2, -0.15) is 0 Å². The first kappa shape index (κ1) is 10.9. The summed E-state index contributed by atoms with van der Waals surface area (Å²) in [5, 5.41) is 3.63. The van der Waals surface area contributed by atoms with Gasteiger partial charge in [-0.1, -0.05) is 41.4 Å². The van der Waals surface area contributed by atoms with Crippen LogP contribution >= 0.6 is 11.6 Å². The summed E-state index contributed by atoms with van der Waals surface area (Å²) < 4.78 is 0. The lowest BCUT2D eigenvalue weighted by Crippen LogP contribution is -2.01. The maximum atomic E-state index is 5.76. The molecule has 0 amide bonds. The third kappa shape index (κ3) is 2.94. The van der Waals surface area contributed by atoms with Crippen LogP contribution in [0.5, 0.6) is 0 Å². The molecule has 0 aliphatic rings. The Morgan fingerprint density at radius 1 is 1.19 bits per heavy atom. The molecule has 0 aliphatic carbocycles. The smallest absolute Gasteiger partial charge is 0.134 e. The number of halogens is 1. The Kier molecular flexibility index (Phi) is 3.37. The predicted molar refractivity (Wildman–Crippen MR) is 65.5 cm³/mol. The molecule has 0 bridgehead atoms. The Bertz CT molecular complexity index is 468. The summed E-state index contributed by atoms with van der Waals surface area (Å²) >= 11 is 5.76. The van der Waals surface area contributed by atoms with Crippen molar-refractivity contribution in [3.8, 4) is 0 Å². The first-order valence-electron chi connectivity index (χ1n) is 5.01. The number of anilines is 1. The van der Waals surface area contributed by atoms with E-state index in [1.165, 1.54) is 17.5 Å². The maximum absolute atomic E-state index is 5.76. The number of hydrogen-bond acceptors (Lipinski definition) is 3. The molecule has 82 valence electrons. The van der Waals surface area contributed by atoms with Crippen LogP contribution in [0.3, 0.4) is 0 Å². The van der Waals surface area contributed by atoms with Crippen molar-refractivity contribution in [1.82, 2.24) is 9.97 Å². The van der Waals surface area contributed by atoms with Crippen molar-refractivity contribution >= 4 is 17.4 Å². The molecule has 0 saturated carbocycles. The Hall–Kier alpha value is -1.61. The standard InChI is InChI=1S/C12H12ClN3/c1-9-2-4-10(5-3-9)7-14-12-6-11(13)15-8-16-12/h2-6,8H,7H2,1H3,(H,14,15,16). The van der Waals surface area contributed by atoms with Crippen LogP contribution in [0, 0.1) is 6.92 Å². The average Bonchev–Trinajstić information content (AvgIpc) is 2.28. The monoisotopic (exact) mass is 233 g/mol. The normalized spacial score (nSPS) is 10.1. The van der Waals surface area contributed by atoms with E-state index < -0.39 is 0 Å². The van der Waals surface area contributed by atoms with Crippen molar-refractivity contribution in [2.45, 2.75) is 13.5 Å². The van der Waals surface area contributed by atoms with Gasteiger partial charge in [0.1, 0.15) is 17.3 Å². The quantitative estimate of drug-likeness (QED) is 0.828. The molecule has 2 rings (SSSR count). The predicted octanol–water partition coefficient (Wildman–Crippen LogP) is 3.05. The summed E-state index contributed by atoms with van der Waals surface area (Å²) in [5.41, 5.74) is 2.47. The van der Waals surface area contributed by atoms with Crippen LogP contribution in [0.2, 0.25) is 5.15 Å². The fraction of sp³-hybridized carbons (Fsp3) is 0.167. The Labute approximate surface area is 99.5 Å². The Balaban J connectivity index is 1.99. The van der Waals surface area contributed by atoms with E-state index in [0.717, 1.165) is 12.4 Å². The summed E-state index contributed by atoms with van der Waals surface area (Å²) in [4.78, 5) is 7.89. The zero-order valence-electron chi connectivity index (χ0n) is 8.94. The molecule has 0 unspecified atom stereocenters. The van der Waals surface area contributed by atoms with Gasteiger partial charge < -0.3 is 5.32 Å². The van der Waals surface area contributed by atoms with Gasteiger partial charge in [0, 0.05) is 12.6 Å². The molecular formula is C12H12ClN3. The molecule has 16 heavy (non-hydrogen) atoms. The van der Waals surface area contributed by atoms with Gasteiger partial charge in [-0.3, -0.25) is 0 Å². The van der Waals surface area contributed by atoms with E-state index in [1.54, 1.807) is 6.07 Å². The number of hydrogen-bond donors (Lipinski definition) is 1. The topological polar surface area (TPSA) is 37.8 Å². The third-order valence-electron chi connectivity index (χ3n) is 2.23. The number of nitrogens with zero attached hydrogens (tertiary/aromatic N) is 2. The summed E-state index contributed by atoms with van der Waals surface area (Å²) in [6, 6.07) is 10.1. The number of nitrogens with one attached hydrogen (secondary N) is 1. The van der Waals surface area contributed by atoms with Crippen molar-refractivity contribution in [3.63, 3.8) is 0 Å². The van der Waals surface area contributed by atoms with Gasteiger partial charge in [0.05, 0.1) is 0 Å². The summed E-state index contributed by atoms with van der Waals surface area (Å²) in [5.74, 6) is 0.737. The van der Waals surface area contributed by atoms with Gasteiger partial charge in [0.15, 0.2) is 0 Å². The number of aryl methyl sites for hydroxylation is 1. The Morgan fingerprint density at radius 3 is 2.62 bits per heavy atom. The van der Waals surface area contributed by atoms with Crippen LogP contribution in [0.1, 0.15) is 11.1 Å².